The summed E-state index contributed by atoms with van der Waals surface area (Å²) in [4.78, 5) is 10.0. The highest BCUT2D eigenvalue weighted by Gasteiger charge is 2.13. The van der Waals surface area contributed by atoms with Crippen molar-refractivity contribution in [2.75, 3.05) is 6.26 Å². The van der Waals surface area contributed by atoms with Crippen molar-refractivity contribution in [2.24, 2.45) is 0 Å². The van der Waals surface area contributed by atoms with E-state index in [2.05, 4.69) is 4.18 Å². The van der Waals surface area contributed by atoms with Gasteiger partial charge in [0.1, 0.15) is 0 Å². The molecule has 0 saturated carbocycles. The van der Waals surface area contributed by atoms with Gasteiger partial charge in [-0.15, -0.1) is 0 Å². The fourth-order valence-electron chi connectivity index (χ4n) is 0.578. The summed E-state index contributed by atoms with van der Waals surface area (Å²) < 4.78 is 25.2. The van der Waals surface area contributed by atoms with E-state index < -0.39 is 22.2 Å². The van der Waals surface area contributed by atoms with E-state index in [1.807, 2.05) is 0 Å². The molecule has 0 amide bonds. The Balaban J connectivity index is 3.89. The Hall–Kier alpha value is -0.620. The Morgan fingerprint density at radius 2 is 2.09 bits per heavy atom. The summed E-state index contributed by atoms with van der Waals surface area (Å²) in [5.41, 5.74) is 0. The van der Waals surface area contributed by atoms with E-state index >= 15 is 0 Å². The predicted molar refractivity (Wildman–Crippen MR) is 37.6 cm³/mol. The number of carboxylic acid groups (broad SMARTS) is 1. The molecule has 6 heteroatoms. The van der Waals surface area contributed by atoms with Crippen LogP contribution in [0.2, 0.25) is 0 Å². The van der Waals surface area contributed by atoms with Crippen LogP contribution in [0.15, 0.2) is 0 Å². The van der Waals surface area contributed by atoms with Gasteiger partial charge in [-0.2, -0.15) is 8.42 Å². The Labute approximate surface area is 65.1 Å². The number of hydrogen-bond donors (Lipinski definition) is 1. The normalized spacial score (nSPS) is 14.4. The van der Waals surface area contributed by atoms with Crippen LogP contribution < -0.4 is 0 Å². The smallest absolute Gasteiger partial charge is 0.306 e. The van der Waals surface area contributed by atoms with Crippen LogP contribution in [0.1, 0.15) is 13.3 Å². The molecule has 0 heterocycles. The molecule has 0 fully saturated rings. The molecule has 0 spiro atoms. The lowest BCUT2D eigenvalue weighted by Gasteiger charge is -2.06. The van der Waals surface area contributed by atoms with Gasteiger partial charge in [0.05, 0.1) is 18.8 Å². The highest BCUT2D eigenvalue weighted by atomic mass is 32.2. The number of carboxylic acids is 1. The van der Waals surface area contributed by atoms with Gasteiger partial charge in [-0.05, 0) is 6.92 Å². The summed E-state index contributed by atoms with van der Waals surface area (Å²) in [5.74, 6) is -1.08. The molecule has 0 rings (SSSR count). The molecule has 11 heavy (non-hydrogen) atoms. The topological polar surface area (TPSA) is 80.7 Å². The molecule has 0 aliphatic carbocycles. The van der Waals surface area contributed by atoms with Crippen LogP contribution in [-0.2, 0) is 19.1 Å². The fraction of sp³-hybridized carbons (Fsp3) is 0.800. The van der Waals surface area contributed by atoms with Crippen LogP contribution in [0.4, 0.5) is 0 Å². The van der Waals surface area contributed by atoms with Crippen molar-refractivity contribution in [2.45, 2.75) is 19.4 Å². The molecule has 0 aromatic carbocycles. The Kier molecular flexibility index (Phi) is 3.47. The number of hydrogen-bond acceptors (Lipinski definition) is 4. The molecular formula is C5H10O5S. The van der Waals surface area contributed by atoms with E-state index in [-0.39, 0.29) is 6.42 Å². The van der Waals surface area contributed by atoms with E-state index in [1.165, 1.54) is 6.92 Å². The molecule has 0 saturated heterocycles. The molecule has 0 aromatic heterocycles. The summed E-state index contributed by atoms with van der Waals surface area (Å²) in [7, 11) is -3.53. The largest absolute Gasteiger partial charge is 0.481 e. The molecule has 5 nitrogen and oxygen atoms in total. The third kappa shape index (κ3) is 7.27. The molecule has 0 radical (unpaired) electrons. The predicted octanol–water partition coefficient (Wildman–Crippen LogP) is -0.174. The van der Waals surface area contributed by atoms with Gasteiger partial charge >= 0.3 is 5.97 Å². The first kappa shape index (κ1) is 10.4. The standard InChI is InChI=1S/C5H10O5S/c1-4(3-5(6)7)10-11(2,8)9/h4H,3H2,1-2H3,(H,6,7). The molecule has 1 atom stereocenters. The minimum atomic E-state index is -3.53. The van der Waals surface area contributed by atoms with Crippen LogP contribution in [0.3, 0.4) is 0 Å². The molecule has 0 aromatic rings. The van der Waals surface area contributed by atoms with E-state index in [0.29, 0.717) is 0 Å². The first-order valence-corrected chi connectivity index (χ1v) is 4.73. The van der Waals surface area contributed by atoms with Crippen LogP contribution in [-0.4, -0.2) is 31.9 Å². The lowest BCUT2D eigenvalue weighted by Crippen LogP contribution is -2.17. The molecule has 0 aliphatic rings. The highest BCUT2D eigenvalue weighted by molar-refractivity contribution is 7.86. The SMILES string of the molecule is CC(CC(=O)O)OS(C)(=O)=O. The number of aliphatic carboxylic acids is 1. The van der Waals surface area contributed by atoms with Gasteiger partial charge in [0.2, 0.25) is 0 Å². The second kappa shape index (κ2) is 3.68. The van der Waals surface area contributed by atoms with Crippen molar-refractivity contribution in [1.82, 2.24) is 0 Å². The molecule has 1 N–H and O–H groups in total. The van der Waals surface area contributed by atoms with Gasteiger partial charge in [-0.3, -0.25) is 8.98 Å². The van der Waals surface area contributed by atoms with Gasteiger partial charge in [0.25, 0.3) is 10.1 Å². The van der Waals surface area contributed by atoms with Crippen molar-refractivity contribution in [3.05, 3.63) is 0 Å². The second-order valence-corrected chi connectivity index (χ2v) is 3.81. The summed E-state index contributed by atoms with van der Waals surface area (Å²) in [5, 5.41) is 8.21. The fourth-order valence-corrected chi connectivity index (χ4v) is 1.24. The quantitative estimate of drug-likeness (QED) is 0.610. The maximum atomic E-state index is 10.4. The van der Waals surface area contributed by atoms with E-state index in [9.17, 15) is 13.2 Å². The van der Waals surface area contributed by atoms with Gasteiger partial charge < -0.3 is 5.11 Å². The van der Waals surface area contributed by atoms with Gasteiger partial charge in [0, 0.05) is 0 Å². The summed E-state index contributed by atoms with van der Waals surface area (Å²) >= 11 is 0. The van der Waals surface area contributed by atoms with Gasteiger partial charge in [-0.25, -0.2) is 0 Å². The third-order valence-electron chi connectivity index (χ3n) is 0.801. The van der Waals surface area contributed by atoms with E-state index in [1.54, 1.807) is 0 Å². The van der Waals surface area contributed by atoms with Gasteiger partial charge in [0.15, 0.2) is 0 Å². The minimum absolute atomic E-state index is 0.312. The first-order chi connectivity index (χ1) is 4.81. The van der Waals surface area contributed by atoms with Crippen molar-refractivity contribution >= 4 is 16.1 Å². The first-order valence-electron chi connectivity index (χ1n) is 2.91. The zero-order valence-corrected chi connectivity index (χ0v) is 7.09. The Morgan fingerprint density at radius 1 is 1.64 bits per heavy atom. The average molecular weight is 182 g/mol. The van der Waals surface area contributed by atoms with Crippen LogP contribution in [0, 0.1) is 0 Å². The third-order valence-corrected chi connectivity index (χ3v) is 1.48. The van der Waals surface area contributed by atoms with Crippen molar-refractivity contribution in [3.8, 4) is 0 Å². The number of carbonyl (C=O) groups is 1. The zero-order valence-electron chi connectivity index (χ0n) is 6.27. The summed E-state index contributed by atoms with van der Waals surface area (Å²) in [6, 6.07) is 0. The summed E-state index contributed by atoms with van der Waals surface area (Å²) in [6.45, 7) is 1.38. The molecule has 0 bridgehead atoms. The lowest BCUT2D eigenvalue weighted by molar-refractivity contribution is -0.138. The van der Waals surface area contributed by atoms with Crippen LogP contribution in [0.5, 0.6) is 0 Å². The van der Waals surface area contributed by atoms with Crippen molar-refractivity contribution in [1.29, 1.82) is 0 Å². The average Bonchev–Trinajstić information content (AvgIpc) is 1.53. The highest BCUT2D eigenvalue weighted by Crippen LogP contribution is 2.00. The monoisotopic (exact) mass is 182 g/mol. The van der Waals surface area contributed by atoms with Crippen LogP contribution in [0.25, 0.3) is 0 Å². The van der Waals surface area contributed by atoms with Crippen molar-refractivity contribution < 1.29 is 22.5 Å². The van der Waals surface area contributed by atoms with E-state index in [4.69, 9.17) is 5.11 Å². The molecule has 0 aliphatic heterocycles. The van der Waals surface area contributed by atoms with Crippen molar-refractivity contribution in [3.63, 3.8) is 0 Å². The lowest BCUT2D eigenvalue weighted by atomic mass is 10.3. The minimum Gasteiger partial charge on any atom is -0.481 e. The maximum Gasteiger partial charge on any atom is 0.306 e. The zero-order chi connectivity index (χ0) is 9.07. The van der Waals surface area contributed by atoms with Gasteiger partial charge in [-0.1, -0.05) is 0 Å². The Bertz CT molecular complexity index is 229. The molecule has 1 unspecified atom stereocenters. The summed E-state index contributed by atoms with van der Waals surface area (Å²) in [6.07, 6.45) is -0.235. The molecular weight excluding hydrogens is 172 g/mol. The maximum absolute atomic E-state index is 10.4. The Morgan fingerprint density at radius 3 is 2.36 bits per heavy atom. The second-order valence-electron chi connectivity index (χ2n) is 2.21. The van der Waals surface area contributed by atoms with E-state index in [0.717, 1.165) is 6.26 Å². The molecule has 66 valence electrons. The number of rotatable bonds is 4. The van der Waals surface area contributed by atoms with Crippen LogP contribution >= 0.6 is 0 Å².